The van der Waals surface area contributed by atoms with Crippen molar-refractivity contribution in [2.75, 3.05) is 29.3 Å². The number of piperidine rings is 1. The van der Waals surface area contributed by atoms with Gasteiger partial charge in [-0.2, -0.15) is 4.98 Å². The summed E-state index contributed by atoms with van der Waals surface area (Å²) in [5, 5.41) is 11.7. The fourth-order valence-electron chi connectivity index (χ4n) is 4.77. The van der Waals surface area contributed by atoms with E-state index in [4.69, 9.17) is 9.47 Å². The summed E-state index contributed by atoms with van der Waals surface area (Å²) in [6, 6.07) is 11.7. The van der Waals surface area contributed by atoms with Crippen molar-refractivity contribution in [2.45, 2.75) is 25.4 Å². The average molecular weight is 528 g/mol. The molecule has 3 aliphatic rings. The highest BCUT2D eigenvalue weighted by Gasteiger charge is 2.39. The van der Waals surface area contributed by atoms with Gasteiger partial charge in [0.2, 0.25) is 24.6 Å². The normalized spacial score (nSPS) is 17.5. The maximum Gasteiger partial charge on any atom is 0.255 e. The second-order valence-electron chi connectivity index (χ2n) is 9.27. The molecule has 3 amide bonds. The molecule has 0 aliphatic carbocycles. The predicted molar refractivity (Wildman–Crippen MR) is 142 cm³/mol. The molecule has 4 N–H and O–H groups in total. The van der Waals surface area contributed by atoms with Crippen LogP contribution in [0.15, 0.2) is 60.9 Å². The second kappa shape index (κ2) is 9.97. The Hall–Kier alpha value is -5.13. The molecule has 2 aromatic carbocycles. The lowest BCUT2D eigenvalue weighted by molar-refractivity contribution is -0.126. The molecule has 0 radical (unpaired) electrons. The van der Waals surface area contributed by atoms with Crippen molar-refractivity contribution >= 4 is 40.9 Å². The van der Waals surface area contributed by atoms with E-state index in [-0.39, 0.29) is 37.6 Å². The van der Waals surface area contributed by atoms with E-state index in [1.165, 1.54) is 0 Å². The van der Waals surface area contributed by atoms with E-state index in [1.807, 2.05) is 6.07 Å². The summed E-state index contributed by atoms with van der Waals surface area (Å²) in [6.45, 7) is 4.16. The van der Waals surface area contributed by atoms with E-state index in [0.29, 0.717) is 58.6 Å². The van der Waals surface area contributed by atoms with Crippen LogP contribution >= 0.6 is 0 Å². The molecule has 1 fully saturated rings. The zero-order valence-electron chi connectivity index (χ0n) is 20.8. The van der Waals surface area contributed by atoms with Crippen molar-refractivity contribution in [1.82, 2.24) is 20.2 Å². The summed E-state index contributed by atoms with van der Waals surface area (Å²) in [5.74, 6) is 1.33. The summed E-state index contributed by atoms with van der Waals surface area (Å²) in [6.07, 6.45) is 2.70. The maximum absolute atomic E-state index is 13.1. The van der Waals surface area contributed by atoms with E-state index < -0.39 is 6.04 Å². The first-order chi connectivity index (χ1) is 18.9. The monoisotopic (exact) mass is 527 g/mol. The smallest absolute Gasteiger partial charge is 0.255 e. The zero-order valence-corrected chi connectivity index (χ0v) is 20.8. The minimum absolute atomic E-state index is 0.0606. The first-order valence-electron chi connectivity index (χ1n) is 12.4. The van der Waals surface area contributed by atoms with Gasteiger partial charge in [0.1, 0.15) is 11.9 Å². The van der Waals surface area contributed by atoms with Crippen LogP contribution < -0.4 is 30.7 Å². The van der Waals surface area contributed by atoms with Gasteiger partial charge in [-0.25, -0.2) is 4.98 Å². The number of rotatable bonds is 7. The molecular weight excluding hydrogens is 502 g/mol. The molecule has 39 heavy (non-hydrogen) atoms. The lowest BCUT2D eigenvalue weighted by Gasteiger charge is -2.31. The van der Waals surface area contributed by atoms with Gasteiger partial charge in [-0.3, -0.25) is 14.4 Å². The number of benzene rings is 2. The van der Waals surface area contributed by atoms with Crippen LogP contribution in [0.3, 0.4) is 0 Å². The Morgan fingerprint density at radius 2 is 2.03 bits per heavy atom. The van der Waals surface area contributed by atoms with Crippen molar-refractivity contribution in [3.05, 3.63) is 72.1 Å². The standard InChI is InChI=1S/C27H25N7O5/c1-15-5-7-20(25(36)30-15)34-13-18-17(26(34)37)3-2-4-19(18)32-24(35)12-29-23-9-10-28-27(33-23)31-16-6-8-21-22(11-16)39-14-38-21/h2-4,6,8-11,20H,1,5,7,12-14H2,(H,30,36)(H,32,35)(H2,28,29,31,33). The number of amides is 3. The van der Waals surface area contributed by atoms with Crippen molar-refractivity contribution < 1.29 is 23.9 Å². The highest BCUT2D eigenvalue weighted by molar-refractivity contribution is 6.04. The molecule has 1 saturated heterocycles. The third kappa shape index (κ3) is 4.91. The first kappa shape index (κ1) is 24.2. The van der Waals surface area contributed by atoms with Crippen LogP contribution in [0.5, 0.6) is 11.5 Å². The topological polar surface area (TPSA) is 147 Å². The Morgan fingerprint density at radius 3 is 2.90 bits per heavy atom. The minimum atomic E-state index is -0.571. The van der Waals surface area contributed by atoms with Crippen molar-refractivity contribution in [3.63, 3.8) is 0 Å². The quantitative estimate of drug-likeness (QED) is 0.364. The molecule has 3 aromatic rings. The number of hydrogen-bond donors (Lipinski definition) is 4. The van der Waals surface area contributed by atoms with Crippen LogP contribution in [0.1, 0.15) is 28.8 Å². The number of anilines is 4. The van der Waals surface area contributed by atoms with Crippen molar-refractivity contribution in [3.8, 4) is 11.5 Å². The summed E-state index contributed by atoms with van der Waals surface area (Å²) in [7, 11) is 0. The Labute approximate surface area is 223 Å². The molecule has 3 aliphatic heterocycles. The van der Waals surface area contributed by atoms with Gasteiger partial charge >= 0.3 is 0 Å². The lowest BCUT2D eigenvalue weighted by atomic mass is 10.0. The van der Waals surface area contributed by atoms with Crippen LogP contribution in [0.4, 0.5) is 23.1 Å². The Morgan fingerprint density at radius 1 is 1.15 bits per heavy atom. The molecule has 198 valence electrons. The highest BCUT2D eigenvalue weighted by atomic mass is 16.7. The van der Waals surface area contributed by atoms with E-state index >= 15 is 0 Å². The second-order valence-corrected chi connectivity index (χ2v) is 9.27. The molecular formula is C27H25N7O5. The first-order valence-corrected chi connectivity index (χ1v) is 12.4. The van der Waals surface area contributed by atoms with Gasteiger partial charge in [-0.1, -0.05) is 12.6 Å². The van der Waals surface area contributed by atoms with Gasteiger partial charge in [-0.15, -0.1) is 0 Å². The molecule has 0 bridgehead atoms. The van der Waals surface area contributed by atoms with E-state index in [1.54, 1.807) is 47.5 Å². The van der Waals surface area contributed by atoms with Gasteiger partial charge < -0.3 is 35.6 Å². The predicted octanol–water partition coefficient (Wildman–Crippen LogP) is 2.75. The molecule has 1 atom stereocenters. The lowest BCUT2D eigenvalue weighted by Crippen LogP contribution is -2.49. The minimum Gasteiger partial charge on any atom is -0.454 e. The van der Waals surface area contributed by atoms with Gasteiger partial charge in [0, 0.05) is 47.0 Å². The van der Waals surface area contributed by atoms with E-state index in [2.05, 4.69) is 37.8 Å². The van der Waals surface area contributed by atoms with E-state index in [9.17, 15) is 14.4 Å². The summed E-state index contributed by atoms with van der Waals surface area (Å²) in [5.41, 5.74) is 3.08. The number of nitrogens with zero attached hydrogens (tertiary/aromatic N) is 3. The van der Waals surface area contributed by atoms with Crippen LogP contribution in [0.2, 0.25) is 0 Å². The highest BCUT2D eigenvalue weighted by Crippen LogP contribution is 2.35. The van der Waals surface area contributed by atoms with Gasteiger partial charge in [0.15, 0.2) is 11.5 Å². The zero-order chi connectivity index (χ0) is 26.9. The molecule has 12 nitrogen and oxygen atoms in total. The van der Waals surface area contributed by atoms with Crippen LogP contribution in [0, 0.1) is 0 Å². The van der Waals surface area contributed by atoms with Gasteiger partial charge in [0.25, 0.3) is 5.91 Å². The fourth-order valence-corrected chi connectivity index (χ4v) is 4.77. The largest absolute Gasteiger partial charge is 0.454 e. The van der Waals surface area contributed by atoms with Crippen LogP contribution in [-0.4, -0.2) is 52.0 Å². The third-order valence-electron chi connectivity index (χ3n) is 6.68. The van der Waals surface area contributed by atoms with Gasteiger partial charge in [-0.05, 0) is 43.2 Å². The third-order valence-corrected chi connectivity index (χ3v) is 6.68. The Balaban J connectivity index is 1.08. The number of allylic oxidation sites excluding steroid dienone is 1. The molecule has 0 spiro atoms. The van der Waals surface area contributed by atoms with Crippen molar-refractivity contribution in [1.29, 1.82) is 0 Å². The van der Waals surface area contributed by atoms with Gasteiger partial charge in [0.05, 0.1) is 6.54 Å². The van der Waals surface area contributed by atoms with E-state index in [0.717, 1.165) is 5.69 Å². The molecule has 12 heteroatoms. The summed E-state index contributed by atoms with van der Waals surface area (Å²) >= 11 is 0. The molecule has 1 unspecified atom stereocenters. The Kier molecular flexibility index (Phi) is 6.19. The molecule has 4 heterocycles. The SMILES string of the molecule is C=C1CCC(N2Cc3c(NC(=O)CNc4ccnc(Nc5ccc6c(c5)OCO6)n4)cccc3C2=O)C(=O)N1. The number of carbonyl (C=O) groups excluding carboxylic acids is 3. The number of hydrogen-bond acceptors (Lipinski definition) is 9. The van der Waals surface area contributed by atoms with Crippen LogP contribution in [0.25, 0.3) is 0 Å². The molecule has 6 rings (SSSR count). The number of aromatic nitrogens is 2. The molecule has 0 saturated carbocycles. The number of carbonyl (C=O) groups is 3. The Bertz CT molecular complexity index is 1510. The number of nitrogens with one attached hydrogen (secondary N) is 4. The number of ether oxygens (including phenoxy) is 2. The molecule has 1 aromatic heterocycles. The van der Waals surface area contributed by atoms with Crippen LogP contribution in [-0.2, 0) is 16.1 Å². The number of fused-ring (bicyclic) bond motifs is 2. The fraction of sp³-hybridized carbons (Fsp3) is 0.222. The van der Waals surface area contributed by atoms with Crippen molar-refractivity contribution in [2.24, 2.45) is 0 Å². The average Bonchev–Trinajstić information content (AvgIpc) is 3.52. The maximum atomic E-state index is 13.1. The summed E-state index contributed by atoms with van der Waals surface area (Å²) < 4.78 is 10.7. The summed E-state index contributed by atoms with van der Waals surface area (Å²) in [4.78, 5) is 48.5.